The molecule has 0 aromatic rings. The highest BCUT2D eigenvalue weighted by molar-refractivity contribution is 6.79. The lowest BCUT2D eigenvalue weighted by Gasteiger charge is -2.40. The Morgan fingerprint density at radius 1 is 0.842 bits per heavy atom. The third-order valence-electron chi connectivity index (χ3n) is 3.09. The minimum atomic E-state index is -2.37. The maximum Gasteiger partial charge on any atom is 0.406 e. The zero-order chi connectivity index (χ0) is 14.6. The third kappa shape index (κ3) is 5.62. The Bertz CT molecular complexity index is 270. The smallest absolute Gasteiger partial charge is 0.406 e. The molecule has 0 radical (unpaired) electrons. The molecule has 19 heavy (non-hydrogen) atoms. The molecular weight excluding hydrogens is 331 g/mol. The van der Waals surface area contributed by atoms with Crippen LogP contribution in [0.2, 0.25) is 32.7 Å². The first-order valence-corrected chi connectivity index (χ1v) is 17.5. The van der Waals surface area contributed by atoms with Gasteiger partial charge in [-0.05, 0) is 46.3 Å². The predicted molar refractivity (Wildman–Crippen MR) is 87.4 cm³/mol. The monoisotopic (exact) mass is 357 g/mol. The molecule has 0 N–H and O–H groups in total. The van der Waals surface area contributed by atoms with E-state index in [1.165, 1.54) is 0 Å². The average molecular weight is 358 g/mol. The molecule has 1 saturated heterocycles. The summed E-state index contributed by atoms with van der Waals surface area (Å²) in [5, 5.41) is 0. The summed E-state index contributed by atoms with van der Waals surface area (Å²) in [6, 6.07) is 0. The molecule has 0 amide bonds. The SMILES string of the molecule is CCN(C)[Si]1(C)O[SiH](C)O[SiH](C)O[SiH](C)O[SiH](C)O1. The van der Waals surface area contributed by atoms with Crippen LogP contribution < -0.4 is 0 Å². The highest BCUT2D eigenvalue weighted by Crippen LogP contribution is 2.17. The van der Waals surface area contributed by atoms with Crippen LogP contribution in [-0.4, -0.2) is 64.0 Å². The second kappa shape index (κ2) is 7.74. The Morgan fingerprint density at radius 2 is 1.21 bits per heavy atom. The Hall–Kier alpha value is 0.844. The summed E-state index contributed by atoms with van der Waals surface area (Å²) in [5.74, 6) is 0. The van der Waals surface area contributed by atoms with Crippen LogP contribution >= 0.6 is 0 Å². The predicted octanol–water partition coefficient (Wildman–Crippen LogP) is 0.00460. The highest BCUT2D eigenvalue weighted by atomic mass is 28.5. The van der Waals surface area contributed by atoms with Crippen molar-refractivity contribution in [3.8, 4) is 0 Å². The van der Waals surface area contributed by atoms with Crippen molar-refractivity contribution in [2.75, 3.05) is 13.6 Å². The van der Waals surface area contributed by atoms with Crippen molar-refractivity contribution in [3.63, 3.8) is 0 Å². The highest BCUT2D eigenvalue weighted by Gasteiger charge is 2.42. The molecule has 11 heteroatoms. The molecule has 114 valence electrons. The molecule has 4 unspecified atom stereocenters. The normalized spacial score (nSPS) is 42.3. The lowest BCUT2D eigenvalue weighted by atomic mass is 10.8. The van der Waals surface area contributed by atoms with Gasteiger partial charge in [0.1, 0.15) is 0 Å². The summed E-state index contributed by atoms with van der Waals surface area (Å²) in [6.07, 6.45) is 0. The van der Waals surface area contributed by atoms with Crippen molar-refractivity contribution in [2.24, 2.45) is 0 Å². The van der Waals surface area contributed by atoms with Gasteiger partial charge < -0.3 is 20.6 Å². The molecule has 0 aromatic carbocycles. The number of rotatable bonds is 2. The van der Waals surface area contributed by atoms with E-state index in [0.29, 0.717) is 0 Å². The van der Waals surface area contributed by atoms with E-state index in [-0.39, 0.29) is 0 Å². The van der Waals surface area contributed by atoms with Crippen molar-refractivity contribution in [2.45, 2.75) is 39.7 Å². The number of hydrogen-bond acceptors (Lipinski definition) is 6. The molecule has 0 aromatic heterocycles. The summed E-state index contributed by atoms with van der Waals surface area (Å²) >= 11 is 0. The number of nitrogens with zero attached hydrogens (tertiary/aromatic N) is 1. The van der Waals surface area contributed by atoms with Crippen LogP contribution in [0.3, 0.4) is 0 Å². The second-order valence-electron chi connectivity index (χ2n) is 4.83. The van der Waals surface area contributed by atoms with Crippen molar-refractivity contribution in [3.05, 3.63) is 0 Å². The van der Waals surface area contributed by atoms with Crippen molar-refractivity contribution < 1.29 is 20.6 Å². The van der Waals surface area contributed by atoms with Gasteiger partial charge in [-0.1, -0.05) is 6.92 Å². The van der Waals surface area contributed by atoms with E-state index in [0.717, 1.165) is 6.54 Å². The minimum absolute atomic E-state index is 0.904. The van der Waals surface area contributed by atoms with E-state index < -0.39 is 45.9 Å². The standard InChI is InChI=1S/C8H27NO5Si5/c1-8-9(2)19(7)13-17(5)11-15(3)10-16(4)12-18(6)14-19/h15-18H,8H2,1-7H3. The zero-order valence-electron chi connectivity index (χ0n) is 13.0. The maximum atomic E-state index is 6.23. The topological polar surface area (TPSA) is 49.4 Å². The molecule has 1 aliphatic rings. The minimum Gasteiger partial charge on any atom is -0.420 e. The molecule has 1 rings (SSSR count). The zero-order valence-corrected chi connectivity index (χ0v) is 18.6. The van der Waals surface area contributed by atoms with Gasteiger partial charge in [-0.3, -0.25) is 4.57 Å². The lowest BCUT2D eigenvalue weighted by Crippen LogP contribution is -2.61. The molecule has 0 bridgehead atoms. The van der Waals surface area contributed by atoms with Crippen LogP contribution in [0, 0.1) is 0 Å². The van der Waals surface area contributed by atoms with Crippen molar-refractivity contribution in [1.82, 2.24) is 4.57 Å². The van der Waals surface area contributed by atoms with Gasteiger partial charge in [0.05, 0.1) is 0 Å². The maximum absolute atomic E-state index is 6.23. The van der Waals surface area contributed by atoms with Crippen LogP contribution in [-0.2, 0) is 20.6 Å². The largest absolute Gasteiger partial charge is 0.420 e. The van der Waals surface area contributed by atoms with Crippen molar-refractivity contribution in [1.29, 1.82) is 0 Å². The summed E-state index contributed by atoms with van der Waals surface area (Å²) in [5.41, 5.74) is 0. The fourth-order valence-electron chi connectivity index (χ4n) is 2.04. The van der Waals surface area contributed by atoms with E-state index in [4.69, 9.17) is 20.6 Å². The molecule has 1 aliphatic heterocycles. The molecular formula is C8H27NO5Si5. The first-order chi connectivity index (χ1) is 8.76. The molecule has 0 spiro atoms. The van der Waals surface area contributed by atoms with E-state index in [9.17, 15) is 0 Å². The van der Waals surface area contributed by atoms with Gasteiger partial charge in [-0.2, -0.15) is 0 Å². The lowest BCUT2D eigenvalue weighted by molar-refractivity contribution is 0.232. The summed E-state index contributed by atoms with van der Waals surface area (Å²) < 4.78 is 32.4. The Morgan fingerprint density at radius 3 is 1.58 bits per heavy atom. The molecule has 0 saturated carbocycles. The van der Waals surface area contributed by atoms with E-state index >= 15 is 0 Å². The average Bonchev–Trinajstić information content (AvgIpc) is 2.24. The van der Waals surface area contributed by atoms with Gasteiger partial charge in [0, 0.05) is 0 Å². The van der Waals surface area contributed by atoms with Gasteiger partial charge in [0.2, 0.25) is 0 Å². The van der Waals surface area contributed by atoms with E-state index in [1.54, 1.807) is 0 Å². The van der Waals surface area contributed by atoms with Gasteiger partial charge >= 0.3 is 27.3 Å². The van der Waals surface area contributed by atoms with Gasteiger partial charge in [-0.25, -0.2) is 0 Å². The van der Waals surface area contributed by atoms with Crippen LogP contribution in [0.5, 0.6) is 0 Å². The fraction of sp³-hybridized carbons (Fsp3) is 1.00. The quantitative estimate of drug-likeness (QED) is 0.649. The Labute approximate surface area is 124 Å². The van der Waals surface area contributed by atoms with Crippen LogP contribution in [0.1, 0.15) is 6.92 Å². The second-order valence-corrected chi connectivity index (χ2v) is 17.1. The Kier molecular flexibility index (Phi) is 7.29. The van der Waals surface area contributed by atoms with Gasteiger partial charge in [0.15, 0.2) is 0 Å². The molecule has 1 heterocycles. The van der Waals surface area contributed by atoms with E-state index in [1.807, 2.05) is 0 Å². The van der Waals surface area contributed by atoms with Crippen LogP contribution in [0.25, 0.3) is 0 Å². The van der Waals surface area contributed by atoms with Gasteiger partial charge in [0.25, 0.3) is 18.6 Å². The van der Waals surface area contributed by atoms with Crippen molar-refractivity contribution >= 4 is 45.9 Å². The first kappa shape index (κ1) is 17.9. The van der Waals surface area contributed by atoms with Gasteiger partial charge in [-0.15, -0.1) is 0 Å². The van der Waals surface area contributed by atoms with Crippen LogP contribution in [0.4, 0.5) is 0 Å². The fourth-order valence-corrected chi connectivity index (χ4v) is 19.3. The first-order valence-electron chi connectivity index (χ1n) is 6.80. The third-order valence-corrected chi connectivity index (χ3v) is 20.1. The summed E-state index contributed by atoms with van der Waals surface area (Å²) in [4.78, 5) is 0. The van der Waals surface area contributed by atoms with Crippen LogP contribution in [0.15, 0.2) is 0 Å². The molecule has 1 fully saturated rings. The number of hydrogen-bond donors (Lipinski definition) is 0. The molecule has 4 atom stereocenters. The summed E-state index contributed by atoms with van der Waals surface area (Å²) in [7, 11) is -6.95. The summed E-state index contributed by atoms with van der Waals surface area (Å²) in [6.45, 7) is 13.3. The molecule has 0 aliphatic carbocycles. The Balaban J connectivity index is 2.86. The van der Waals surface area contributed by atoms with E-state index in [2.05, 4.69) is 51.3 Å². The molecule has 6 nitrogen and oxygen atoms in total.